The summed E-state index contributed by atoms with van der Waals surface area (Å²) in [5, 5.41) is 0. The highest BCUT2D eigenvalue weighted by Gasteiger charge is 2.09. The summed E-state index contributed by atoms with van der Waals surface area (Å²) in [4.78, 5) is 11.8. The zero-order valence-electron chi connectivity index (χ0n) is 9.78. The molecule has 0 saturated heterocycles. The van der Waals surface area contributed by atoms with Crippen molar-refractivity contribution in [1.82, 2.24) is 5.43 Å². The van der Waals surface area contributed by atoms with Crippen LogP contribution < -0.4 is 16.6 Å². The van der Waals surface area contributed by atoms with E-state index in [1.165, 1.54) is 12.1 Å². The number of carbonyl (C=O) groups excluding carboxylic acids is 1. The van der Waals surface area contributed by atoms with Gasteiger partial charge < -0.3 is 5.73 Å². The van der Waals surface area contributed by atoms with Crippen molar-refractivity contribution in [2.75, 3.05) is 11.2 Å². The van der Waals surface area contributed by atoms with Gasteiger partial charge in [0.2, 0.25) is 0 Å². The lowest BCUT2D eigenvalue weighted by atomic mass is 10.2. The Morgan fingerprint density at radius 1 is 1.11 bits per heavy atom. The van der Waals surface area contributed by atoms with Crippen LogP contribution in [0.2, 0.25) is 0 Å². The van der Waals surface area contributed by atoms with Crippen molar-refractivity contribution in [1.29, 1.82) is 0 Å². The molecule has 0 aliphatic carbocycles. The highest BCUT2D eigenvalue weighted by atomic mass is 19.1. The Hall–Kier alpha value is -2.63. The molecule has 2 aromatic rings. The highest BCUT2D eigenvalue weighted by Crippen LogP contribution is 2.14. The lowest BCUT2D eigenvalue weighted by Gasteiger charge is -2.10. The molecule has 0 bridgehead atoms. The Morgan fingerprint density at radius 3 is 2.53 bits per heavy atom. The Morgan fingerprint density at radius 2 is 1.84 bits per heavy atom. The van der Waals surface area contributed by atoms with Crippen molar-refractivity contribution in [2.45, 2.75) is 0 Å². The van der Waals surface area contributed by atoms with Crippen molar-refractivity contribution >= 4 is 17.3 Å². The Kier molecular flexibility index (Phi) is 3.61. The average molecular weight is 263 g/mol. The van der Waals surface area contributed by atoms with Crippen molar-refractivity contribution in [2.24, 2.45) is 0 Å². The van der Waals surface area contributed by atoms with Crippen molar-refractivity contribution in [3.63, 3.8) is 0 Å². The van der Waals surface area contributed by atoms with Crippen LogP contribution in [0.1, 0.15) is 10.4 Å². The summed E-state index contributed by atoms with van der Waals surface area (Å²) in [6.07, 6.45) is 0. The maximum atomic E-state index is 13.3. The number of amides is 1. The average Bonchev–Trinajstić information content (AvgIpc) is 2.38. The molecule has 1 amide bonds. The smallest absolute Gasteiger partial charge is 0.271 e. The first-order valence-corrected chi connectivity index (χ1v) is 5.44. The topological polar surface area (TPSA) is 67.2 Å². The van der Waals surface area contributed by atoms with Crippen LogP contribution >= 0.6 is 0 Å². The second kappa shape index (κ2) is 5.34. The zero-order valence-corrected chi connectivity index (χ0v) is 9.78. The SMILES string of the molecule is Nc1ccccc1C(=O)NNc1ccc(F)cc1F. The molecule has 4 N–H and O–H groups in total. The molecule has 6 heteroatoms. The van der Waals surface area contributed by atoms with Gasteiger partial charge in [-0.15, -0.1) is 0 Å². The van der Waals surface area contributed by atoms with Gasteiger partial charge in [-0.3, -0.25) is 15.6 Å². The quantitative estimate of drug-likeness (QED) is 0.588. The maximum Gasteiger partial charge on any atom is 0.271 e. The molecule has 0 heterocycles. The monoisotopic (exact) mass is 263 g/mol. The number of halogens is 2. The molecule has 98 valence electrons. The maximum absolute atomic E-state index is 13.3. The third-order valence-corrected chi connectivity index (χ3v) is 2.45. The van der Waals surface area contributed by atoms with Crippen LogP contribution in [0, 0.1) is 11.6 Å². The third-order valence-electron chi connectivity index (χ3n) is 2.45. The molecular weight excluding hydrogens is 252 g/mol. The summed E-state index contributed by atoms with van der Waals surface area (Å²) in [5.74, 6) is -2.01. The summed E-state index contributed by atoms with van der Waals surface area (Å²) in [5.41, 5.74) is 10.8. The van der Waals surface area contributed by atoms with E-state index in [0.717, 1.165) is 6.07 Å². The van der Waals surface area contributed by atoms with E-state index < -0.39 is 17.5 Å². The standard InChI is InChI=1S/C13H11F2N3O/c14-8-5-6-12(10(15)7-8)17-18-13(19)9-3-1-2-4-11(9)16/h1-7,17H,16H2,(H,18,19). The number of para-hydroxylation sites is 1. The van der Waals surface area contributed by atoms with E-state index in [0.29, 0.717) is 11.8 Å². The number of benzene rings is 2. The van der Waals surface area contributed by atoms with Crippen molar-refractivity contribution in [3.05, 3.63) is 59.7 Å². The summed E-state index contributed by atoms with van der Waals surface area (Å²) in [6, 6.07) is 9.43. The Balaban J connectivity index is 2.07. The second-order valence-corrected chi connectivity index (χ2v) is 3.79. The summed E-state index contributed by atoms with van der Waals surface area (Å²) in [6.45, 7) is 0. The number of rotatable bonds is 3. The van der Waals surface area contributed by atoms with Gasteiger partial charge in [0, 0.05) is 11.8 Å². The molecule has 4 nitrogen and oxygen atoms in total. The Bertz CT molecular complexity index is 617. The lowest BCUT2D eigenvalue weighted by Crippen LogP contribution is -2.30. The number of nitrogens with one attached hydrogen (secondary N) is 2. The van der Waals surface area contributed by atoms with E-state index in [2.05, 4.69) is 10.9 Å². The van der Waals surface area contributed by atoms with Gasteiger partial charge in [0.05, 0.1) is 11.3 Å². The number of hydrogen-bond donors (Lipinski definition) is 3. The summed E-state index contributed by atoms with van der Waals surface area (Å²) >= 11 is 0. The van der Waals surface area contributed by atoms with Gasteiger partial charge in [-0.1, -0.05) is 12.1 Å². The van der Waals surface area contributed by atoms with Crippen LogP contribution in [0.15, 0.2) is 42.5 Å². The molecule has 0 radical (unpaired) electrons. The van der Waals surface area contributed by atoms with E-state index in [-0.39, 0.29) is 11.3 Å². The predicted octanol–water partition coefficient (Wildman–Crippen LogP) is 2.30. The zero-order chi connectivity index (χ0) is 13.8. The van der Waals surface area contributed by atoms with Crippen molar-refractivity contribution in [3.8, 4) is 0 Å². The minimum Gasteiger partial charge on any atom is -0.398 e. The predicted molar refractivity (Wildman–Crippen MR) is 68.3 cm³/mol. The summed E-state index contributed by atoms with van der Waals surface area (Å²) in [7, 11) is 0. The fourth-order valence-corrected chi connectivity index (χ4v) is 1.49. The molecule has 0 aliphatic rings. The third kappa shape index (κ3) is 2.98. The van der Waals surface area contributed by atoms with Gasteiger partial charge in [0.25, 0.3) is 5.91 Å². The molecule has 0 saturated carbocycles. The first-order valence-electron chi connectivity index (χ1n) is 5.44. The molecule has 0 fully saturated rings. The van der Waals surface area contributed by atoms with Crippen molar-refractivity contribution < 1.29 is 13.6 Å². The first kappa shape index (κ1) is 12.8. The largest absolute Gasteiger partial charge is 0.398 e. The van der Waals surface area contributed by atoms with Crippen LogP contribution in [-0.4, -0.2) is 5.91 Å². The molecule has 2 aromatic carbocycles. The van der Waals surface area contributed by atoms with E-state index >= 15 is 0 Å². The van der Waals surface area contributed by atoms with Crippen LogP contribution in [-0.2, 0) is 0 Å². The van der Waals surface area contributed by atoms with Gasteiger partial charge in [-0.25, -0.2) is 8.78 Å². The van der Waals surface area contributed by atoms with Gasteiger partial charge in [-0.2, -0.15) is 0 Å². The second-order valence-electron chi connectivity index (χ2n) is 3.79. The number of carbonyl (C=O) groups is 1. The lowest BCUT2D eigenvalue weighted by molar-refractivity contribution is 0.0963. The minimum absolute atomic E-state index is 0.0377. The van der Waals surface area contributed by atoms with E-state index in [1.54, 1.807) is 18.2 Å². The van der Waals surface area contributed by atoms with Crippen LogP contribution in [0.25, 0.3) is 0 Å². The number of nitrogen functional groups attached to an aromatic ring is 1. The van der Waals surface area contributed by atoms with Crippen LogP contribution in [0.4, 0.5) is 20.2 Å². The molecule has 0 unspecified atom stereocenters. The van der Waals surface area contributed by atoms with Gasteiger partial charge in [0.15, 0.2) is 5.82 Å². The number of anilines is 2. The molecule has 0 atom stereocenters. The first-order chi connectivity index (χ1) is 9.08. The molecule has 0 aliphatic heterocycles. The minimum atomic E-state index is -0.804. The van der Waals surface area contributed by atoms with Gasteiger partial charge in [-0.05, 0) is 24.3 Å². The molecule has 0 spiro atoms. The van der Waals surface area contributed by atoms with Crippen LogP contribution in [0.5, 0.6) is 0 Å². The normalized spacial score (nSPS) is 10.0. The molecule has 0 aromatic heterocycles. The summed E-state index contributed by atoms with van der Waals surface area (Å²) < 4.78 is 26.0. The van der Waals surface area contributed by atoms with Gasteiger partial charge >= 0.3 is 0 Å². The number of hydrogen-bond acceptors (Lipinski definition) is 3. The van der Waals surface area contributed by atoms with E-state index in [9.17, 15) is 13.6 Å². The van der Waals surface area contributed by atoms with E-state index in [1.807, 2.05) is 0 Å². The van der Waals surface area contributed by atoms with Gasteiger partial charge in [0.1, 0.15) is 5.82 Å². The molecular formula is C13H11F2N3O. The Labute approximate surface area is 108 Å². The fraction of sp³-hybridized carbons (Fsp3) is 0. The molecule has 2 rings (SSSR count). The highest BCUT2D eigenvalue weighted by molar-refractivity contribution is 5.99. The number of hydrazine groups is 1. The van der Waals surface area contributed by atoms with Crippen LogP contribution in [0.3, 0.4) is 0 Å². The fourth-order valence-electron chi connectivity index (χ4n) is 1.49. The van der Waals surface area contributed by atoms with E-state index in [4.69, 9.17) is 5.73 Å². The molecule has 19 heavy (non-hydrogen) atoms. The number of nitrogens with two attached hydrogens (primary N) is 1.